The molecule has 2 N–H and O–H groups in total. The number of aryl methyl sites for hydroxylation is 1. The van der Waals surface area contributed by atoms with Crippen LogP contribution in [0.3, 0.4) is 0 Å². The number of hydrogen-bond donors (Lipinski definition) is 2. The number of rotatable bonds is 1. The van der Waals surface area contributed by atoms with Crippen LogP contribution in [0.2, 0.25) is 0 Å². The SMILES string of the molecule is Cc1cc(O)c(C(C)(C)C)cc1C1CCCNC1. The molecule has 0 spiro atoms. The van der Waals surface area contributed by atoms with E-state index in [1.807, 2.05) is 6.07 Å². The lowest BCUT2D eigenvalue weighted by atomic mass is 9.81. The summed E-state index contributed by atoms with van der Waals surface area (Å²) in [5.74, 6) is 1.04. The molecule has 2 heteroatoms. The molecular weight excluding hydrogens is 222 g/mol. The van der Waals surface area contributed by atoms with Gasteiger partial charge >= 0.3 is 0 Å². The van der Waals surface area contributed by atoms with Crippen LogP contribution >= 0.6 is 0 Å². The molecule has 1 unspecified atom stereocenters. The first kappa shape index (κ1) is 13.4. The summed E-state index contributed by atoms with van der Waals surface area (Å²) in [6.45, 7) is 10.8. The molecule has 0 radical (unpaired) electrons. The van der Waals surface area contributed by atoms with Crippen molar-refractivity contribution in [1.29, 1.82) is 0 Å². The molecule has 18 heavy (non-hydrogen) atoms. The first-order valence-electron chi connectivity index (χ1n) is 6.94. The van der Waals surface area contributed by atoms with E-state index < -0.39 is 0 Å². The van der Waals surface area contributed by atoms with Crippen LogP contribution in [0, 0.1) is 6.92 Å². The molecule has 0 saturated carbocycles. The van der Waals surface area contributed by atoms with Crippen LogP contribution in [0.5, 0.6) is 5.75 Å². The molecule has 1 aliphatic heterocycles. The first-order valence-corrected chi connectivity index (χ1v) is 6.94. The van der Waals surface area contributed by atoms with Crippen molar-refractivity contribution in [2.45, 2.75) is 51.9 Å². The van der Waals surface area contributed by atoms with Gasteiger partial charge in [0.05, 0.1) is 0 Å². The largest absolute Gasteiger partial charge is 0.508 e. The summed E-state index contributed by atoms with van der Waals surface area (Å²) in [5, 5.41) is 13.6. The lowest BCUT2D eigenvalue weighted by molar-refractivity contribution is 0.439. The predicted octanol–water partition coefficient (Wildman–Crippen LogP) is 3.47. The van der Waals surface area contributed by atoms with Crippen LogP contribution in [0.4, 0.5) is 0 Å². The molecule has 0 amide bonds. The Kier molecular flexibility index (Phi) is 3.67. The number of piperidine rings is 1. The molecule has 1 heterocycles. The Bertz CT molecular complexity index is 425. The number of phenolic OH excluding ortho intramolecular Hbond substituents is 1. The van der Waals surface area contributed by atoms with E-state index in [0.29, 0.717) is 11.7 Å². The van der Waals surface area contributed by atoms with Gasteiger partial charge in [0.1, 0.15) is 5.75 Å². The third-order valence-corrected chi connectivity index (χ3v) is 3.93. The van der Waals surface area contributed by atoms with E-state index in [9.17, 15) is 5.11 Å². The minimum Gasteiger partial charge on any atom is -0.508 e. The molecule has 1 atom stereocenters. The van der Waals surface area contributed by atoms with Crippen LogP contribution in [0.15, 0.2) is 12.1 Å². The van der Waals surface area contributed by atoms with Crippen LogP contribution in [0.25, 0.3) is 0 Å². The fourth-order valence-corrected chi connectivity index (χ4v) is 2.87. The molecule has 0 bridgehead atoms. The van der Waals surface area contributed by atoms with Gasteiger partial charge in [-0.15, -0.1) is 0 Å². The molecule has 1 aliphatic rings. The van der Waals surface area contributed by atoms with E-state index in [4.69, 9.17) is 0 Å². The average Bonchev–Trinajstić information content (AvgIpc) is 2.28. The van der Waals surface area contributed by atoms with Gasteiger partial charge in [-0.25, -0.2) is 0 Å². The fraction of sp³-hybridized carbons (Fsp3) is 0.625. The van der Waals surface area contributed by atoms with Crippen molar-refractivity contribution in [2.24, 2.45) is 0 Å². The van der Waals surface area contributed by atoms with E-state index in [2.05, 4.69) is 39.1 Å². The summed E-state index contributed by atoms with van der Waals surface area (Å²) in [6, 6.07) is 4.16. The van der Waals surface area contributed by atoms with Crippen LogP contribution < -0.4 is 5.32 Å². The minimum absolute atomic E-state index is 0.00533. The zero-order valence-electron chi connectivity index (χ0n) is 12.0. The topological polar surface area (TPSA) is 32.3 Å². The highest BCUT2D eigenvalue weighted by Crippen LogP contribution is 2.36. The molecule has 2 rings (SSSR count). The summed E-state index contributed by atoms with van der Waals surface area (Å²) in [7, 11) is 0. The van der Waals surface area contributed by atoms with Gasteiger partial charge in [0, 0.05) is 6.54 Å². The Labute approximate surface area is 110 Å². The number of phenols is 1. The Morgan fingerprint density at radius 3 is 2.56 bits per heavy atom. The highest BCUT2D eigenvalue weighted by Gasteiger charge is 2.23. The van der Waals surface area contributed by atoms with Gasteiger partial charge in [-0.05, 0) is 60.4 Å². The second-order valence-electron chi connectivity index (χ2n) is 6.52. The highest BCUT2D eigenvalue weighted by atomic mass is 16.3. The maximum Gasteiger partial charge on any atom is 0.119 e. The summed E-state index contributed by atoms with van der Waals surface area (Å²) in [5.41, 5.74) is 3.68. The molecule has 100 valence electrons. The van der Waals surface area contributed by atoms with Crippen LogP contribution in [-0.4, -0.2) is 18.2 Å². The van der Waals surface area contributed by atoms with Gasteiger partial charge in [0.2, 0.25) is 0 Å². The van der Waals surface area contributed by atoms with Crippen LogP contribution in [0.1, 0.15) is 56.2 Å². The minimum atomic E-state index is -0.00533. The van der Waals surface area contributed by atoms with Crippen LogP contribution in [-0.2, 0) is 5.41 Å². The smallest absolute Gasteiger partial charge is 0.119 e. The monoisotopic (exact) mass is 247 g/mol. The predicted molar refractivity (Wildman–Crippen MR) is 76.4 cm³/mol. The first-order chi connectivity index (χ1) is 8.39. The molecule has 1 fully saturated rings. The van der Waals surface area contributed by atoms with Gasteiger partial charge < -0.3 is 10.4 Å². The number of nitrogens with one attached hydrogen (secondary N) is 1. The average molecular weight is 247 g/mol. The normalized spacial score (nSPS) is 21.0. The zero-order chi connectivity index (χ0) is 13.3. The van der Waals surface area contributed by atoms with Gasteiger partial charge in [-0.1, -0.05) is 26.8 Å². The molecule has 0 aliphatic carbocycles. The Hall–Kier alpha value is -1.02. The van der Waals surface area contributed by atoms with E-state index in [1.54, 1.807) is 0 Å². The highest BCUT2D eigenvalue weighted by molar-refractivity contribution is 5.46. The zero-order valence-corrected chi connectivity index (χ0v) is 12.0. The van der Waals surface area contributed by atoms with Crippen molar-refractivity contribution < 1.29 is 5.11 Å². The lowest BCUT2D eigenvalue weighted by Crippen LogP contribution is -2.29. The summed E-state index contributed by atoms with van der Waals surface area (Å²) in [4.78, 5) is 0. The second kappa shape index (κ2) is 4.93. The van der Waals surface area contributed by atoms with Crippen molar-refractivity contribution in [1.82, 2.24) is 5.32 Å². The molecule has 1 saturated heterocycles. The van der Waals surface area contributed by atoms with Gasteiger partial charge in [0.25, 0.3) is 0 Å². The number of benzene rings is 1. The summed E-state index contributed by atoms with van der Waals surface area (Å²) >= 11 is 0. The quantitative estimate of drug-likeness (QED) is 0.796. The molecule has 1 aromatic rings. The number of hydrogen-bond acceptors (Lipinski definition) is 2. The van der Waals surface area contributed by atoms with Crippen molar-refractivity contribution in [3.05, 3.63) is 28.8 Å². The third-order valence-electron chi connectivity index (χ3n) is 3.93. The van der Waals surface area contributed by atoms with Crippen molar-refractivity contribution in [3.8, 4) is 5.75 Å². The third kappa shape index (κ3) is 2.69. The molecule has 1 aromatic carbocycles. The van der Waals surface area contributed by atoms with Crippen molar-refractivity contribution in [3.63, 3.8) is 0 Å². The van der Waals surface area contributed by atoms with E-state index >= 15 is 0 Å². The maximum atomic E-state index is 10.1. The maximum absolute atomic E-state index is 10.1. The number of aromatic hydroxyl groups is 1. The van der Waals surface area contributed by atoms with Gasteiger partial charge in [-0.2, -0.15) is 0 Å². The second-order valence-corrected chi connectivity index (χ2v) is 6.52. The summed E-state index contributed by atoms with van der Waals surface area (Å²) < 4.78 is 0. The fourth-order valence-electron chi connectivity index (χ4n) is 2.87. The van der Waals surface area contributed by atoms with E-state index in [1.165, 1.54) is 24.0 Å². The van der Waals surface area contributed by atoms with Gasteiger partial charge in [0.15, 0.2) is 0 Å². The van der Waals surface area contributed by atoms with E-state index in [-0.39, 0.29) is 5.41 Å². The standard InChI is InChI=1S/C16H25NO/c1-11-8-15(18)14(16(2,3)4)9-13(11)12-6-5-7-17-10-12/h8-9,12,17-18H,5-7,10H2,1-4H3. The summed E-state index contributed by atoms with van der Waals surface area (Å²) in [6.07, 6.45) is 2.50. The van der Waals surface area contributed by atoms with Crippen molar-refractivity contribution >= 4 is 0 Å². The van der Waals surface area contributed by atoms with Crippen molar-refractivity contribution in [2.75, 3.05) is 13.1 Å². The van der Waals surface area contributed by atoms with E-state index in [0.717, 1.165) is 18.7 Å². The molecule has 0 aromatic heterocycles. The van der Waals surface area contributed by atoms with Gasteiger partial charge in [-0.3, -0.25) is 0 Å². The Morgan fingerprint density at radius 2 is 2.00 bits per heavy atom. The Balaban J connectivity index is 2.41. The molecular formula is C16H25NO. The lowest BCUT2D eigenvalue weighted by Gasteiger charge is -2.28. The molecule has 2 nitrogen and oxygen atoms in total. The Morgan fingerprint density at radius 1 is 1.28 bits per heavy atom.